The molecule has 0 radical (unpaired) electrons. The molecule has 0 saturated heterocycles. The molecule has 0 aliphatic heterocycles. The van der Waals surface area contributed by atoms with Crippen LogP contribution in [-0.4, -0.2) is 4.98 Å². The van der Waals surface area contributed by atoms with Crippen LogP contribution in [0, 0.1) is 0 Å². The van der Waals surface area contributed by atoms with Crippen molar-refractivity contribution in [2.24, 2.45) is 0 Å². The number of furan rings is 1. The van der Waals surface area contributed by atoms with E-state index in [1.54, 1.807) is 0 Å². The van der Waals surface area contributed by atoms with Crippen molar-refractivity contribution in [3.8, 4) is 11.5 Å². The average molecular weight is 653 g/mol. The molecule has 0 bridgehead atoms. The lowest BCUT2D eigenvalue weighted by Crippen LogP contribution is -2.09. The van der Waals surface area contributed by atoms with Gasteiger partial charge in [-0.25, -0.2) is 4.98 Å². The summed E-state index contributed by atoms with van der Waals surface area (Å²) < 4.78 is 12.8. The second-order valence-electron chi connectivity index (χ2n) is 13.1. The lowest BCUT2D eigenvalue weighted by atomic mass is 10.0. The summed E-state index contributed by atoms with van der Waals surface area (Å²) >= 11 is 0. The van der Waals surface area contributed by atoms with Crippen LogP contribution in [0.2, 0.25) is 0 Å². The van der Waals surface area contributed by atoms with Crippen LogP contribution in [0.1, 0.15) is 0 Å². The van der Waals surface area contributed by atoms with E-state index in [-0.39, 0.29) is 0 Å². The fourth-order valence-electron chi connectivity index (χ4n) is 7.83. The summed E-state index contributed by atoms with van der Waals surface area (Å²) in [6.07, 6.45) is 0. The predicted molar refractivity (Wildman–Crippen MR) is 211 cm³/mol. The molecule has 2 aromatic heterocycles. The predicted octanol–water partition coefficient (Wildman–Crippen LogP) is 13.5. The first-order valence-corrected chi connectivity index (χ1v) is 17.2. The number of benzene rings is 9. The molecule has 4 nitrogen and oxygen atoms in total. The summed E-state index contributed by atoms with van der Waals surface area (Å²) in [7, 11) is 0. The molecule has 0 amide bonds. The van der Waals surface area contributed by atoms with Crippen LogP contribution in [0.5, 0.6) is 0 Å². The Balaban J connectivity index is 1.09. The zero-order chi connectivity index (χ0) is 33.5. The normalized spacial score (nSPS) is 11.9. The van der Waals surface area contributed by atoms with Crippen LogP contribution < -0.4 is 4.90 Å². The van der Waals surface area contributed by atoms with E-state index in [9.17, 15) is 0 Å². The van der Waals surface area contributed by atoms with Crippen LogP contribution in [0.3, 0.4) is 0 Å². The van der Waals surface area contributed by atoms with E-state index in [0.717, 1.165) is 66.4 Å². The minimum absolute atomic E-state index is 0.605. The molecule has 9 aromatic carbocycles. The van der Waals surface area contributed by atoms with Gasteiger partial charge in [-0.05, 0) is 93.0 Å². The molecule has 2 heterocycles. The van der Waals surface area contributed by atoms with Crippen molar-refractivity contribution in [2.45, 2.75) is 0 Å². The minimum Gasteiger partial charge on any atom is -0.456 e. The van der Waals surface area contributed by atoms with Crippen molar-refractivity contribution in [3.05, 3.63) is 170 Å². The van der Waals surface area contributed by atoms with Gasteiger partial charge in [-0.15, -0.1) is 0 Å². The van der Waals surface area contributed by atoms with E-state index in [1.165, 1.54) is 32.3 Å². The highest BCUT2D eigenvalue weighted by atomic mass is 16.3. The molecular weight excluding hydrogens is 625 g/mol. The topological polar surface area (TPSA) is 42.4 Å². The summed E-state index contributed by atoms with van der Waals surface area (Å²) in [6.45, 7) is 0. The number of rotatable bonds is 4. The molecule has 51 heavy (non-hydrogen) atoms. The molecule has 0 atom stereocenters. The third kappa shape index (κ3) is 4.30. The molecule has 0 unspecified atom stereocenters. The van der Waals surface area contributed by atoms with Crippen LogP contribution >= 0.6 is 0 Å². The number of anilines is 3. The molecule has 0 aliphatic rings. The summed E-state index contributed by atoms with van der Waals surface area (Å²) in [5.74, 6) is 0.605. The SMILES string of the molecule is c1ccc2c(c1)ccc1ccc(N(c3ccc(-c4nc5c6ccccc6c6ccccc6c5o4)cc3)c3ccc4oc5ccccc5c4c3)cc12. The van der Waals surface area contributed by atoms with Crippen LogP contribution in [0.4, 0.5) is 17.1 Å². The molecule has 0 saturated carbocycles. The summed E-state index contributed by atoms with van der Waals surface area (Å²) in [6, 6.07) is 59.8. The Morgan fingerprint density at radius 3 is 1.73 bits per heavy atom. The lowest BCUT2D eigenvalue weighted by Gasteiger charge is -2.26. The summed E-state index contributed by atoms with van der Waals surface area (Å²) in [5.41, 5.74) is 7.51. The Bertz CT molecular complexity index is 3080. The summed E-state index contributed by atoms with van der Waals surface area (Å²) in [5, 5.41) is 11.6. The minimum atomic E-state index is 0.605. The zero-order valence-corrected chi connectivity index (χ0v) is 27.4. The first kappa shape index (κ1) is 28.0. The van der Waals surface area contributed by atoms with Crippen molar-refractivity contribution < 1.29 is 8.83 Å². The number of para-hydroxylation sites is 1. The number of hydrogen-bond donors (Lipinski definition) is 0. The van der Waals surface area contributed by atoms with Gasteiger partial charge < -0.3 is 13.7 Å². The van der Waals surface area contributed by atoms with Gasteiger partial charge >= 0.3 is 0 Å². The van der Waals surface area contributed by atoms with Gasteiger partial charge in [0.1, 0.15) is 16.7 Å². The van der Waals surface area contributed by atoms with Crippen molar-refractivity contribution in [3.63, 3.8) is 0 Å². The highest BCUT2D eigenvalue weighted by molar-refractivity contribution is 6.23. The lowest BCUT2D eigenvalue weighted by molar-refractivity contribution is 0.623. The van der Waals surface area contributed by atoms with Gasteiger partial charge in [-0.3, -0.25) is 0 Å². The highest BCUT2D eigenvalue weighted by Gasteiger charge is 2.19. The maximum atomic E-state index is 6.58. The van der Waals surface area contributed by atoms with Gasteiger partial charge in [0.25, 0.3) is 0 Å². The van der Waals surface area contributed by atoms with Crippen LogP contribution in [-0.2, 0) is 0 Å². The molecule has 4 heteroatoms. The molecule has 0 N–H and O–H groups in total. The quantitative estimate of drug-likeness (QED) is 0.177. The fraction of sp³-hybridized carbons (Fsp3) is 0. The highest BCUT2D eigenvalue weighted by Crippen LogP contribution is 2.42. The van der Waals surface area contributed by atoms with E-state index < -0.39 is 0 Å². The van der Waals surface area contributed by atoms with Gasteiger partial charge in [-0.2, -0.15) is 0 Å². The standard InChI is InChI=1S/C47H28N2O2/c1-2-10-35-29(9-1)17-18-30-19-24-33(27-41(30)35)49(34-25-26-44-42(28-34)38-13-7-8-16-43(38)50-44)32-22-20-31(21-23-32)47-48-45-39-14-5-3-11-36(39)37-12-4-6-15-40(37)46(45)51-47/h1-28H. The molecule has 0 spiro atoms. The first-order valence-electron chi connectivity index (χ1n) is 17.2. The second kappa shape index (κ2) is 10.8. The zero-order valence-electron chi connectivity index (χ0n) is 27.4. The maximum absolute atomic E-state index is 6.58. The number of fused-ring (bicyclic) bond motifs is 12. The van der Waals surface area contributed by atoms with E-state index in [1.807, 2.05) is 12.1 Å². The average Bonchev–Trinajstić information content (AvgIpc) is 3.81. The Morgan fingerprint density at radius 2 is 0.922 bits per heavy atom. The van der Waals surface area contributed by atoms with Crippen molar-refractivity contribution in [2.75, 3.05) is 4.90 Å². The molecule has 238 valence electrons. The second-order valence-corrected chi connectivity index (χ2v) is 13.1. The van der Waals surface area contributed by atoms with Gasteiger partial charge in [0.05, 0.1) is 0 Å². The summed E-state index contributed by atoms with van der Waals surface area (Å²) in [4.78, 5) is 7.40. The monoisotopic (exact) mass is 652 g/mol. The molecule has 0 aliphatic carbocycles. The largest absolute Gasteiger partial charge is 0.456 e. The van der Waals surface area contributed by atoms with Gasteiger partial charge in [0.2, 0.25) is 5.89 Å². The first-order chi connectivity index (χ1) is 25.3. The van der Waals surface area contributed by atoms with E-state index in [2.05, 4.69) is 163 Å². The van der Waals surface area contributed by atoms with Gasteiger partial charge in [0, 0.05) is 44.2 Å². The van der Waals surface area contributed by atoms with E-state index >= 15 is 0 Å². The van der Waals surface area contributed by atoms with Crippen molar-refractivity contribution in [1.29, 1.82) is 0 Å². The van der Waals surface area contributed by atoms with Crippen LogP contribution in [0.15, 0.2) is 179 Å². The van der Waals surface area contributed by atoms with Crippen LogP contribution in [0.25, 0.3) is 87.6 Å². The van der Waals surface area contributed by atoms with Crippen molar-refractivity contribution >= 4 is 93.2 Å². The Labute approximate surface area is 292 Å². The number of hydrogen-bond acceptors (Lipinski definition) is 4. The molecule has 0 fully saturated rings. The number of oxazole rings is 1. The van der Waals surface area contributed by atoms with Gasteiger partial charge in [0.15, 0.2) is 5.58 Å². The van der Waals surface area contributed by atoms with E-state index in [4.69, 9.17) is 13.8 Å². The number of aromatic nitrogens is 1. The third-order valence-corrected chi connectivity index (χ3v) is 10.3. The fourth-order valence-corrected chi connectivity index (χ4v) is 7.83. The Hall–Kier alpha value is -6.91. The molecule has 11 rings (SSSR count). The van der Waals surface area contributed by atoms with E-state index in [0.29, 0.717) is 5.89 Å². The maximum Gasteiger partial charge on any atom is 0.227 e. The molecular formula is C47H28N2O2. The molecule has 11 aromatic rings. The Morgan fingerprint density at radius 1 is 0.373 bits per heavy atom. The third-order valence-electron chi connectivity index (χ3n) is 10.3. The Kier molecular flexibility index (Phi) is 5.92. The van der Waals surface area contributed by atoms with Gasteiger partial charge in [-0.1, -0.05) is 109 Å². The smallest absolute Gasteiger partial charge is 0.227 e. The number of nitrogens with zero attached hydrogens (tertiary/aromatic N) is 2. The van der Waals surface area contributed by atoms with Crippen molar-refractivity contribution in [1.82, 2.24) is 4.98 Å².